The van der Waals surface area contributed by atoms with Gasteiger partial charge in [-0.05, 0) is 24.6 Å². The van der Waals surface area contributed by atoms with Gasteiger partial charge in [0.05, 0.1) is 11.3 Å². The molecule has 0 atom stereocenters. The Morgan fingerprint density at radius 3 is 2.63 bits per heavy atom. The van der Waals surface area contributed by atoms with Crippen molar-refractivity contribution in [2.75, 3.05) is 18.8 Å². The zero-order valence-corrected chi connectivity index (χ0v) is 11.7. The molecule has 5 nitrogen and oxygen atoms in total. The van der Waals surface area contributed by atoms with Crippen molar-refractivity contribution in [2.24, 2.45) is 0 Å². The minimum absolute atomic E-state index is 0.0680. The summed E-state index contributed by atoms with van der Waals surface area (Å²) in [4.78, 5) is 11.7. The van der Waals surface area contributed by atoms with Crippen molar-refractivity contribution >= 4 is 15.9 Å². The highest BCUT2D eigenvalue weighted by Crippen LogP contribution is 2.09. The van der Waals surface area contributed by atoms with Crippen LogP contribution in [0.5, 0.6) is 0 Å². The summed E-state index contributed by atoms with van der Waals surface area (Å²) < 4.78 is 38.4. The van der Waals surface area contributed by atoms with Crippen LogP contribution in [0.4, 0.5) is 4.39 Å². The van der Waals surface area contributed by atoms with Crippen molar-refractivity contribution in [1.82, 2.24) is 10.0 Å². The summed E-state index contributed by atoms with van der Waals surface area (Å²) in [5.74, 6) is -1.48. The first-order valence-electron chi connectivity index (χ1n) is 5.87. The fraction of sp³-hybridized carbons (Fsp3) is 0.417. The molecule has 0 aliphatic heterocycles. The van der Waals surface area contributed by atoms with Crippen LogP contribution < -0.4 is 10.0 Å². The Hall–Kier alpha value is -1.47. The first-order valence-corrected chi connectivity index (χ1v) is 7.52. The summed E-state index contributed by atoms with van der Waals surface area (Å²) in [6, 6.07) is 4.25. The van der Waals surface area contributed by atoms with E-state index in [0.29, 0.717) is 12.1 Å². The zero-order valence-electron chi connectivity index (χ0n) is 10.9. The van der Waals surface area contributed by atoms with Crippen LogP contribution in [-0.4, -0.2) is 33.2 Å². The molecule has 0 saturated carbocycles. The molecule has 0 spiro atoms. The fourth-order valence-electron chi connectivity index (χ4n) is 1.49. The summed E-state index contributed by atoms with van der Waals surface area (Å²) in [7, 11) is -3.38. The van der Waals surface area contributed by atoms with Crippen LogP contribution in [0.2, 0.25) is 0 Å². The molecule has 19 heavy (non-hydrogen) atoms. The average molecular weight is 288 g/mol. The monoisotopic (exact) mass is 288 g/mol. The molecule has 2 N–H and O–H groups in total. The lowest BCUT2D eigenvalue weighted by Crippen LogP contribution is -2.34. The smallest absolute Gasteiger partial charge is 0.254 e. The van der Waals surface area contributed by atoms with Crippen molar-refractivity contribution in [3.63, 3.8) is 0 Å². The van der Waals surface area contributed by atoms with Crippen LogP contribution in [0.3, 0.4) is 0 Å². The SMILES string of the molecule is CCNS(=O)(=O)CCNC(=O)c1ccc(C)cc1F. The number of hydrogen-bond donors (Lipinski definition) is 2. The Kier molecular flexibility index (Phi) is 5.44. The average Bonchev–Trinajstić information content (AvgIpc) is 2.28. The van der Waals surface area contributed by atoms with Gasteiger partial charge in [-0.2, -0.15) is 0 Å². The number of rotatable bonds is 6. The van der Waals surface area contributed by atoms with Gasteiger partial charge in [-0.3, -0.25) is 4.79 Å². The molecule has 0 aliphatic carbocycles. The lowest BCUT2D eigenvalue weighted by molar-refractivity contribution is 0.0952. The molecule has 0 aromatic heterocycles. The van der Waals surface area contributed by atoms with Crippen LogP contribution in [0.15, 0.2) is 18.2 Å². The normalized spacial score (nSPS) is 11.3. The molecule has 1 aromatic carbocycles. The largest absolute Gasteiger partial charge is 0.351 e. The summed E-state index contributed by atoms with van der Waals surface area (Å²) in [6.07, 6.45) is 0. The highest BCUT2D eigenvalue weighted by molar-refractivity contribution is 7.89. The van der Waals surface area contributed by atoms with Crippen LogP contribution in [-0.2, 0) is 10.0 Å². The Bertz CT molecular complexity index is 558. The molecular weight excluding hydrogens is 271 g/mol. The number of aryl methyl sites for hydroxylation is 1. The molecule has 0 aliphatic rings. The highest BCUT2D eigenvalue weighted by Gasteiger charge is 2.13. The van der Waals surface area contributed by atoms with Gasteiger partial charge in [-0.1, -0.05) is 13.0 Å². The summed E-state index contributed by atoms with van der Waals surface area (Å²) in [5.41, 5.74) is 0.621. The van der Waals surface area contributed by atoms with Gasteiger partial charge in [0.2, 0.25) is 10.0 Å². The Morgan fingerprint density at radius 1 is 1.37 bits per heavy atom. The van der Waals surface area contributed by atoms with E-state index in [0.717, 1.165) is 0 Å². The van der Waals surface area contributed by atoms with Gasteiger partial charge < -0.3 is 5.32 Å². The number of benzene rings is 1. The van der Waals surface area contributed by atoms with Gasteiger partial charge in [0.15, 0.2) is 0 Å². The molecule has 0 heterocycles. The topological polar surface area (TPSA) is 75.3 Å². The van der Waals surface area contributed by atoms with Crippen molar-refractivity contribution in [3.8, 4) is 0 Å². The van der Waals surface area contributed by atoms with Crippen LogP contribution in [0.1, 0.15) is 22.8 Å². The minimum Gasteiger partial charge on any atom is -0.351 e. The number of carbonyl (C=O) groups is 1. The second kappa shape index (κ2) is 6.63. The molecule has 1 aromatic rings. The minimum atomic E-state index is -3.38. The third-order valence-corrected chi connectivity index (χ3v) is 3.86. The summed E-state index contributed by atoms with van der Waals surface area (Å²) in [6.45, 7) is 3.61. The second-order valence-electron chi connectivity index (χ2n) is 4.06. The van der Waals surface area contributed by atoms with E-state index < -0.39 is 21.7 Å². The first kappa shape index (κ1) is 15.6. The number of hydrogen-bond acceptors (Lipinski definition) is 3. The van der Waals surface area contributed by atoms with Gasteiger partial charge in [0.1, 0.15) is 5.82 Å². The highest BCUT2D eigenvalue weighted by atomic mass is 32.2. The van der Waals surface area contributed by atoms with Gasteiger partial charge >= 0.3 is 0 Å². The van der Waals surface area contributed by atoms with Crippen molar-refractivity contribution in [1.29, 1.82) is 0 Å². The van der Waals surface area contributed by atoms with E-state index in [4.69, 9.17) is 0 Å². The Morgan fingerprint density at radius 2 is 2.05 bits per heavy atom. The molecule has 0 radical (unpaired) electrons. The molecule has 0 unspecified atom stereocenters. The maximum absolute atomic E-state index is 13.5. The van der Waals surface area contributed by atoms with Crippen LogP contribution in [0.25, 0.3) is 0 Å². The Balaban J connectivity index is 2.57. The molecule has 0 fully saturated rings. The second-order valence-corrected chi connectivity index (χ2v) is 5.98. The molecule has 7 heteroatoms. The van der Waals surface area contributed by atoms with E-state index in [9.17, 15) is 17.6 Å². The maximum atomic E-state index is 13.5. The molecule has 0 bridgehead atoms. The number of sulfonamides is 1. The summed E-state index contributed by atoms with van der Waals surface area (Å²) in [5, 5.41) is 2.38. The van der Waals surface area contributed by atoms with Crippen LogP contribution in [0, 0.1) is 12.7 Å². The number of carbonyl (C=O) groups excluding carboxylic acids is 1. The molecule has 1 rings (SSSR count). The van der Waals surface area contributed by atoms with E-state index in [-0.39, 0.29) is 17.9 Å². The van der Waals surface area contributed by atoms with Crippen LogP contribution >= 0.6 is 0 Å². The van der Waals surface area contributed by atoms with Crippen molar-refractivity contribution in [2.45, 2.75) is 13.8 Å². The quantitative estimate of drug-likeness (QED) is 0.813. The fourth-order valence-corrected chi connectivity index (χ4v) is 2.45. The maximum Gasteiger partial charge on any atom is 0.254 e. The third kappa shape index (κ3) is 4.96. The zero-order chi connectivity index (χ0) is 14.5. The first-order chi connectivity index (χ1) is 8.85. The number of amides is 1. The standard InChI is InChI=1S/C12H17FN2O3S/c1-3-15-19(17,18)7-6-14-12(16)10-5-4-9(2)8-11(10)13/h4-5,8,15H,3,6-7H2,1-2H3,(H,14,16). The predicted molar refractivity (Wildman–Crippen MR) is 70.9 cm³/mol. The van der Waals surface area contributed by atoms with Crippen molar-refractivity contribution in [3.05, 3.63) is 35.1 Å². The molecule has 106 valence electrons. The van der Waals surface area contributed by atoms with Crippen molar-refractivity contribution < 1.29 is 17.6 Å². The number of nitrogens with one attached hydrogen (secondary N) is 2. The third-order valence-electron chi connectivity index (χ3n) is 2.39. The van der Waals surface area contributed by atoms with Gasteiger partial charge in [0.25, 0.3) is 5.91 Å². The van der Waals surface area contributed by atoms with E-state index in [1.165, 1.54) is 12.1 Å². The van der Waals surface area contributed by atoms with E-state index in [1.807, 2.05) is 0 Å². The van der Waals surface area contributed by atoms with Gasteiger partial charge in [0, 0.05) is 13.1 Å². The molecular formula is C12H17FN2O3S. The predicted octanol–water partition coefficient (Wildman–Crippen LogP) is 0.803. The molecule has 1 amide bonds. The Labute approximate surface area is 112 Å². The number of halogens is 1. The van der Waals surface area contributed by atoms with Gasteiger partial charge in [-0.15, -0.1) is 0 Å². The van der Waals surface area contributed by atoms with Gasteiger partial charge in [-0.25, -0.2) is 17.5 Å². The summed E-state index contributed by atoms with van der Waals surface area (Å²) >= 11 is 0. The van der Waals surface area contributed by atoms with E-state index >= 15 is 0 Å². The van der Waals surface area contributed by atoms with E-state index in [2.05, 4.69) is 10.0 Å². The molecule has 0 saturated heterocycles. The lowest BCUT2D eigenvalue weighted by atomic mass is 10.1. The lowest BCUT2D eigenvalue weighted by Gasteiger charge is -2.07. The van der Waals surface area contributed by atoms with E-state index in [1.54, 1.807) is 19.9 Å².